The second-order valence-electron chi connectivity index (χ2n) is 4.09. The van der Waals surface area contributed by atoms with E-state index in [0.717, 1.165) is 6.54 Å². The minimum Gasteiger partial charge on any atom is -0.394 e. The van der Waals surface area contributed by atoms with E-state index in [0.29, 0.717) is 16.8 Å². The van der Waals surface area contributed by atoms with Gasteiger partial charge in [0.15, 0.2) is 5.82 Å². The van der Waals surface area contributed by atoms with Gasteiger partial charge in [-0.2, -0.15) is 4.98 Å². The fraction of sp³-hybridized carbons (Fsp3) is 0.600. The van der Waals surface area contributed by atoms with Crippen molar-refractivity contribution in [1.82, 2.24) is 9.97 Å². The molecule has 5 nitrogen and oxygen atoms in total. The lowest BCUT2D eigenvalue weighted by atomic mass is 10.1. The van der Waals surface area contributed by atoms with Crippen LogP contribution in [0.2, 0.25) is 5.02 Å². The van der Waals surface area contributed by atoms with Crippen molar-refractivity contribution in [3.63, 3.8) is 0 Å². The highest BCUT2D eigenvalue weighted by Crippen LogP contribution is 2.22. The van der Waals surface area contributed by atoms with Crippen LogP contribution in [0.5, 0.6) is 0 Å². The minimum absolute atomic E-state index is 0.0100. The molecule has 0 unspecified atom stereocenters. The van der Waals surface area contributed by atoms with Gasteiger partial charge in [-0.25, -0.2) is 4.98 Å². The van der Waals surface area contributed by atoms with E-state index >= 15 is 0 Å². The molecule has 1 heterocycles. The molecule has 3 N–H and O–H groups in total. The standard InChI is InChI=1S/C10H17ClN4O/c1-4-12-9-13-5-7(11)8(14-9)15-10(2,3)6-16/h5,16H,4,6H2,1-3H3,(H2,12,13,14,15). The van der Waals surface area contributed by atoms with Gasteiger partial charge in [0.2, 0.25) is 5.95 Å². The van der Waals surface area contributed by atoms with Gasteiger partial charge in [0.1, 0.15) is 5.02 Å². The Morgan fingerprint density at radius 1 is 1.50 bits per heavy atom. The lowest BCUT2D eigenvalue weighted by Crippen LogP contribution is -2.35. The number of hydrogen-bond donors (Lipinski definition) is 3. The predicted octanol–water partition coefficient (Wildman–Crippen LogP) is 1.74. The number of hydrogen-bond acceptors (Lipinski definition) is 5. The number of nitrogens with one attached hydrogen (secondary N) is 2. The smallest absolute Gasteiger partial charge is 0.224 e. The Morgan fingerprint density at radius 2 is 2.19 bits per heavy atom. The van der Waals surface area contributed by atoms with Crippen LogP contribution in [-0.4, -0.2) is 33.8 Å². The highest BCUT2D eigenvalue weighted by molar-refractivity contribution is 6.32. The number of nitrogens with zero attached hydrogens (tertiary/aromatic N) is 2. The van der Waals surface area contributed by atoms with Crippen LogP contribution < -0.4 is 10.6 Å². The summed E-state index contributed by atoms with van der Waals surface area (Å²) in [6.07, 6.45) is 1.53. The Kier molecular flexibility index (Phi) is 4.32. The summed E-state index contributed by atoms with van der Waals surface area (Å²) in [7, 11) is 0. The van der Waals surface area contributed by atoms with Crippen LogP contribution in [-0.2, 0) is 0 Å². The number of aromatic nitrogens is 2. The van der Waals surface area contributed by atoms with Crippen molar-refractivity contribution in [3.8, 4) is 0 Å². The van der Waals surface area contributed by atoms with Crippen LogP contribution in [0.15, 0.2) is 6.20 Å². The molecule has 0 fully saturated rings. The molecule has 0 spiro atoms. The molecule has 1 aromatic rings. The molecule has 0 aliphatic rings. The van der Waals surface area contributed by atoms with Crippen LogP contribution in [0, 0.1) is 0 Å². The lowest BCUT2D eigenvalue weighted by Gasteiger charge is -2.24. The maximum atomic E-state index is 9.15. The predicted molar refractivity (Wildman–Crippen MR) is 66.0 cm³/mol. The highest BCUT2D eigenvalue weighted by atomic mass is 35.5. The molecule has 90 valence electrons. The van der Waals surface area contributed by atoms with E-state index in [1.807, 2.05) is 20.8 Å². The van der Waals surface area contributed by atoms with Crippen molar-refractivity contribution >= 4 is 23.4 Å². The number of anilines is 2. The first-order valence-electron chi connectivity index (χ1n) is 5.14. The zero-order chi connectivity index (χ0) is 12.2. The molecule has 0 radical (unpaired) electrons. The van der Waals surface area contributed by atoms with Crippen LogP contribution >= 0.6 is 11.6 Å². The van der Waals surface area contributed by atoms with Gasteiger partial charge in [0.05, 0.1) is 18.3 Å². The molecule has 0 aromatic carbocycles. The summed E-state index contributed by atoms with van der Waals surface area (Å²) in [6.45, 7) is 6.41. The largest absolute Gasteiger partial charge is 0.394 e. The average molecular weight is 245 g/mol. The van der Waals surface area contributed by atoms with Gasteiger partial charge in [-0.3, -0.25) is 0 Å². The molecule has 0 saturated carbocycles. The van der Waals surface area contributed by atoms with Gasteiger partial charge in [0, 0.05) is 6.54 Å². The first kappa shape index (κ1) is 13.0. The quantitative estimate of drug-likeness (QED) is 0.736. The monoisotopic (exact) mass is 244 g/mol. The Bertz CT molecular complexity index is 357. The first-order chi connectivity index (χ1) is 7.48. The molecule has 0 aliphatic carbocycles. The molecule has 0 saturated heterocycles. The van der Waals surface area contributed by atoms with E-state index < -0.39 is 5.54 Å². The van der Waals surface area contributed by atoms with Crippen molar-refractivity contribution in [1.29, 1.82) is 0 Å². The maximum absolute atomic E-state index is 9.15. The molecule has 0 atom stereocenters. The SMILES string of the molecule is CCNc1ncc(Cl)c(NC(C)(C)CO)n1. The summed E-state index contributed by atoms with van der Waals surface area (Å²) in [5.41, 5.74) is -0.471. The molecular weight excluding hydrogens is 228 g/mol. The fourth-order valence-corrected chi connectivity index (χ4v) is 1.20. The van der Waals surface area contributed by atoms with Crippen molar-refractivity contribution < 1.29 is 5.11 Å². The van der Waals surface area contributed by atoms with Gasteiger partial charge in [0.25, 0.3) is 0 Å². The van der Waals surface area contributed by atoms with Gasteiger partial charge < -0.3 is 15.7 Å². The zero-order valence-corrected chi connectivity index (χ0v) is 10.5. The van der Waals surface area contributed by atoms with E-state index in [1.165, 1.54) is 6.20 Å². The highest BCUT2D eigenvalue weighted by Gasteiger charge is 2.18. The van der Waals surface area contributed by atoms with E-state index in [9.17, 15) is 0 Å². The minimum atomic E-state index is -0.471. The van der Waals surface area contributed by atoms with Crippen molar-refractivity contribution in [2.24, 2.45) is 0 Å². The molecule has 16 heavy (non-hydrogen) atoms. The van der Waals surface area contributed by atoms with Crippen molar-refractivity contribution in [2.75, 3.05) is 23.8 Å². The van der Waals surface area contributed by atoms with Crippen LogP contribution in [0.1, 0.15) is 20.8 Å². The first-order valence-corrected chi connectivity index (χ1v) is 5.52. The normalized spacial score (nSPS) is 11.3. The zero-order valence-electron chi connectivity index (χ0n) is 9.71. The van der Waals surface area contributed by atoms with Gasteiger partial charge in [-0.05, 0) is 20.8 Å². The summed E-state index contributed by atoms with van der Waals surface area (Å²) >= 11 is 5.96. The van der Waals surface area contributed by atoms with Gasteiger partial charge in [-0.1, -0.05) is 11.6 Å². The Morgan fingerprint density at radius 3 is 2.75 bits per heavy atom. The maximum Gasteiger partial charge on any atom is 0.224 e. The molecule has 0 amide bonds. The molecule has 1 rings (SSSR count). The Labute approximate surface area is 100 Å². The number of aliphatic hydroxyl groups excluding tert-OH is 1. The second-order valence-corrected chi connectivity index (χ2v) is 4.49. The summed E-state index contributed by atoms with van der Waals surface area (Å²) in [5, 5.41) is 15.6. The summed E-state index contributed by atoms with van der Waals surface area (Å²) < 4.78 is 0. The third-order valence-corrected chi connectivity index (χ3v) is 2.21. The van der Waals surface area contributed by atoms with E-state index in [-0.39, 0.29) is 6.61 Å². The van der Waals surface area contributed by atoms with Crippen LogP contribution in [0.4, 0.5) is 11.8 Å². The van der Waals surface area contributed by atoms with Crippen LogP contribution in [0.3, 0.4) is 0 Å². The third kappa shape index (κ3) is 3.50. The second kappa shape index (κ2) is 5.32. The third-order valence-electron chi connectivity index (χ3n) is 1.93. The molecule has 1 aromatic heterocycles. The van der Waals surface area contributed by atoms with Gasteiger partial charge in [-0.15, -0.1) is 0 Å². The molecule has 6 heteroatoms. The summed E-state index contributed by atoms with van der Waals surface area (Å²) in [5.74, 6) is 1.04. The molecular formula is C10H17ClN4O. The van der Waals surface area contributed by atoms with E-state index in [4.69, 9.17) is 16.7 Å². The molecule has 0 bridgehead atoms. The number of rotatable bonds is 5. The lowest BCUT2D eigenvalue weighted by molar-refractivity contribution is 0.234. The molecule has 0 aliphatic heterocycles. The Hall–Kier alpha value is -1.07. The topological polar surface area (TPSA) is 70.1 Å². The number of aliphatic hydroxyl groups is 1. The van der Waals surface area contributed by atoms with Gasteiger partial charge >= 0.3 is 0 Å². The Balaban J connectivity index is 2.89. The number of halogens is 1. The summed E-state index contributed by atoms with van der Waals surface area (Å²) in [4.78, 5) is 8.25. The van der Waals surface area contributed by atoms with Crippen LogP contribution in [0.25, 0.3) is 0 Å². The average Bonchev–Trinajstić information content (AvgIpc) is 2.23. The summed E-state index contributed by atoms with van der Waals surface area (Å²) in [6, 6.07) is 0. The van der Waals surface area contributed by atoms with E-state index in [2.05, 4.69) is 20.6 Å². The van der Waals surface area contributed by atoms with E-state index in [1.54, 1.807) is 0 Å². The fourth-order valence-electron chi connectivity index (χ4n) is 1.06. The van der Waals surface area contributed by atoms with Crippen molar-refractivity contribution in [3.05, 3.63) is 11.2 Å². The van der Waals surface area contributed by atoms with Crippen molar-refractivity contribution in [2.45, 2.75) is 26.3 Å².